The Morgan fingerprint density at radius 3 is 2.91 bits per heavy atom. The predicted molar refractivity (Wildman–Crippen MR) is 82.8 cm³/mol. The highest BCUT2D eigenvalue weighted by atomic mass is 16.5. The van der Waals surface area contributed by atoms with Crippen LogP contribution in [-0.4, -0.2) is 53.9 Å². The van der Waals surface area contributed by atoms with Gasteiger partial charge in [-0.25, -0.2) is 0 Å². The molecule has 6 nitrogen and oxygen atoms in total. The molecule has 1 aliphatic heterocycles. The largest absolute Gasteiger partial charge is 0.396 e. The Morgan fingerprint density at radius 2 is 2.27 bits per heavy atom. The number of carbonyl (C=O) groups excluding carboxylic acids is 1. The molecule has 0 saturated carbocycles. The first-order chi connectivity index (χ1) is 10.5. The molecule has 1 fully saturated rings. The lowest BCUT2D eigenvalue weighted by Crippen LogP contribution is -2.48. The van der Waals surface area contributed by atoms with Gasteiger partial charge in [-0.1, -0.05) is 0 Å². The number of aliphatic hydroxyl groups excluding tert-OH is 1. The number of ether oxygens (including phenoxy) is 1. The molecule has 1 N–H and O–H groups in total. The average molecular weight is 308 g/mol. The first kappa shape index (κ1) is 16.7. The minimum atomic E-state index is -0.302. The number of rotatable bonds is 5. The second-order valence-electron chi connectivity index (χ2n) is 6.10. The van der Waals surface area contributed by atoms with E-state index in [0.29, 0.717) is 25.3 Å². The fourth-order valence-electron chi connectivity index (χ4n) is 2.98. The number of pyridine rings is 1. The second-order valence-corrected chi connectivity index (χ2v) is 6.10. The molecule has 1 aromatic heterocycles. The van der Waals surface area contributed by atoms with Crippen LogP contribution in [-0.2, 0) is 11.8 Å². The number of piperidine rings is 1. The fraction of sp³-hybridized carbons (Fsp3) is 0.625. The van der Waals surface area contributed by atoms with Crippen LogP contribution in [0.25, 0.3) is 0 Å². The van der Waals surface area contributed by atoms with E-state index in [4.69, 9.17) is 4.74 Å². The standard InChI is InChI=1S/C16H24N2O4/c1-17-8-4-13(10-14(17)20)15(21)18-7-3-5-16(11-18,12-19)6-9-22-2/h4,8,10,19H,3,5-7,9,11-12H2,1-2H3/t16-/m0/s1. The van der Waals surface area contributed by atoms with Gasteiger partial charge in [-0.3, -0.25) is 9.59 Å². The van der Waals surface area contributed by atoms with Gasteiger partial charge in [0.15, 0.2) is 0 Å². The van der Waals surface area contributed by atoms with Gasteiger partial charge in [0, 0.05) is 57.1 Å². The van der Waals surface area contributed by atoms with E-state index in [2.05, 4.69) is 0 Å². The number of methoxy groups -OCH3 is 1. The number of aliphatic hydroxyl groups is 1. The van der Waals surface area contributed by atoms with Crippen molar-refractivity contribution in [3.8, 4) is 0 Å². The van der Waals surface area contributed by atoms with Crippen molar-refractivity contribution in [2.24, 2.45) is 12.5 Å². The van der Waals surface area contributed by atoms with Gasteiger partial charge in [0.1, 0.15) is 0 Å². The third-order valence-corrected chi connectivity index (χ3v) is 4.47. The monoisotopic (exact) mass is 308 g/mol. The molecule has 0 bridgehead atoms. The SMILES string of the molecule is COCC[C@@]1(CO)CCCN(C(=O)c2ccn(C)c(=O)c2)C1. The van der Waals surface area contributed by atoms with Crippen LogP contribution in [0.3, 0.4) is 0 Å². The van der Waals surface area contributed by atoms with Crippen molar-refractivity contribution in [2.75, 3.05) is 33.4 Å². The predicted octanol–water partition coefficient (Wildman–Crippen LogP) is 0.636. The van der Waals surface area contributed by atoms with Crippen LogP contribution in [0.4, 0.5) is 0 Å². The number of carbonyl (C=O) groups is 1. The number of likely N-dealkylation sites (tertiary alicyclic amines) is 1. The molecule has 6 heteroatoms. The Morgan fingerprint density at radius 1 is 1.50 bits per heavy atom. The highest BCUT2D eigenvalue weighted by Crippen LogP contribution is 2.33. The highest BCUT2D eigenvalue weighted by Gasteiger charge is 2.36. The molecule has 1 amide bonds. The van der Waals surface area contributed by atoms with Gasteiger partial charge in [-0.05, 0) is 25.3 Å². The van der Waals surface area contributed by atoms with Gasteiger partial charge in [0.2, 0.25) is 0 Å². The molecule has 1 aliphatic rings. The lowest BCUT2D eigenvalue weighted by molar-refractivity contribution is 0.00897. The molecule has 0 radical (unpaired) electrons. The molecule has 1 saturated heterocycles. The number of amides is 1. The van der Waals surface area contributed by atoms with Crippen LogP contribution in [0.5, 0.6) is 0 Å². The maximum Gasteiger partial charge on any atom is 0.254 e. The molecule has 0 aliphatic carbocycles. The zero-order valence-electron chi connectivity index (χ0n) is 13.2. The average Bonchev–Trinajstić information content (AvgIpc) is 2.55. The number of hydrogen-bond acceptors (Lipinski definition) is 4. The summed E-state index contributed by atoms with van der Waals surface area (Å²) >= 11 is 0. The summed E-state index contributed by atoms with van der Waals surface area (Å²) in [6.45, 7) is 1.76. The molecular formula is C16H24N2O4. The Bertz CT molecular complexity index is 584. The summed E-state index contributed by atoms with van der Waals surface area (Å²) in [7, 11) is 3.29. The second kappa shape index (κ2) is 7.07. The zero-order valence-corrected chi connectivity index (χ0v) is 13.2. The summed E-state index contributed by atoms with van der Waals surface area (Å²) in [6.07, 6.45) is 4.05. The van der Waals surface area contributed by atoms with Crippen molar-refractivity contribution in [1.82, 2.24) is 9.47 Å². The van der Waals surface area contributed by atoms with E-state index in [-0.39, 0.29) is 23.5 Å². The van der Waals surface area contributed by atoms with Gasteiger partial charge >= 0.3 is 0 Å². The summed E-state index contributed by atoms with van der Waals surface area (Å²) in [6, 6.07) is 3.03. The van der Waals surface area contributed by atoms with E-state index in [9.17, 15) is 14.7 Å². The van der Waals surface area contributed by atoms with Crippen LogP contribution < -0.4 is 5.56 Å². The van der Waals surface area contributed by atoms with E-state index in [1.165, 1.54) is 10.6 Å². The van der Waals surface area contributed by atoms with E-state index in [1.54, 1.807) is 31.3 Å². The van der Waals surface area contributed by atoms with E-state index in [0.717, 1.165) is 19.3 Å². The summed E-state index contributed by atoms with van der Waals surface area (Å²) in [5.74, 6) is -0.146. The Labute approximate surface area is 130 Å². The van der Waals surface area contributed by atoms with Gasteiger partial charge in [0.25, 0.3) is 11.5 Å². The molecule has 0 spiro atoms. The minimum absolute atomic E-state index is 0.0384. The first-order valence-electron chi connectivity index (χ1n) is 7.57. The molecule has 1 atom stereocenters. The van der Waals surface area contributed by atoms with Gasteiger partial charge in [-0.15, -0.1) is 0 Å². The number of hydrogen-bond donors (Lipinski definition) is 1. The van der Waals surface area contributed by atoms with Crippen LogP contribution in [0.15, 0.2) is 23.1 Å². The quantitative estimate of drug-likeness (QED) is 0.866. The molecule has 0 unspecified atom stereocenters. The lowest BCUT2D eigenvalue weighted by atomic mass is 9.78. The Hall–Kier alpha value is -1.66. The Balaban J connectivity index is 2.15. The molecule has 2 rings (SSSR count). The van der Waals surface area contributed by atoms with Crippen molar-refractivity contribution in [3.05, 3.63) is 34.2 Å². The minimum Gasteiger partial charge on any atom is -0.396 e. The molecule has 22 heavy (non-hydrogen) atoms. The van der Waals surface area contributed by atoms with Crippen molar-refractivity contribution >= 4 is 5.91 Å². The molecular weight excluding hydrogens is 284 g/mol. The lowest BCUT2D eigenvalue weighted by Gasteiger charge is -2.41. The molecule has 0 aromatic carbocycles. The van der Waals surface area contributed by atoms with Crippen molar-refractivity contribution in [3.63, 3.8) is 0 Å². The fourth-order valence-corrected chi connectivity index (χ4v) is 2.98. The van der Waals surface area contributed by atoms with Gasteiger partial charge in [-0.2, -0.15) is 0 Å². The normalized spacial score (nSPS) is 21.9. The number of aromatic nitrogens is 1. The maximum atomic E-state index is 12.6. The van der Waals surface area contributed by atoms with Crippen molar-refractivity contribution in [2.45, 2.75) is 19.3 Å². The topological polar surface area (TPSA) is 71.8 Å². The van der Waals surface area contributed by atoms with E-state index < -0.39 is 0 Å². The summed E-state index contributed by atoms with van der Waals surface area (Å²) in [5.41, 5.74) is -0.0943. The van der Waals surface area contributed by atoms with Crippen LogP contribution in [0.1, 0.15) is 29.6 Å². The summed E-state index contributed by atoms with van der Waals surface area (Å²) in [4.78, 5) is 26.0. The zero-order chi connectivity index (χ0) is 16.2. The van der Waals surface area contributed by atoms with E-state index in [1.807, 2.05) is 0 Å². The molecule has 1 aromatic rings. The Kier molecular flexibility index (Phi) is 5.37. The first-order valence-corrected chi connectivity index (χ1v) is 7.57. The third kappa shape index (κ3) is 3.56. The van der Waals surface area contributed by atoms with Crippen LogP contribution >= 0.6 is 0 Å². The molecule has 122 valence electrons. The van der Waals surface area contributed by atoms with E-state index >= 15 is 0 Å². The number of nitrogens with zero attached hydrogens (tertiary/aromatic N) is 2. The van der Waals surface area contributed by atoms with Crippen LogP contribution in [0, 0.1) is 5.41 Å². The highest BCUT2D eigenvalue weighted by molar-refractivity contribution is 5.94. The number of aryl methyl sites for hydroxylation is 1. The summed E-state index contributed by atoms with van der Waals surface area (Å²) < 4.78 is 6.56. The maximum absolute atomic E-state index is 12.6. The summed E-state index contributed by atoms with van der Waals surface area (Å²) in [5, 5.41) is 9.77. The smallest absolute Gasteiger partial charge is 0.254 e. The van der Waals surface area contributed by atoms with Gasteiger partial charge < -0.3 is 19.3 Å². The molecule has 2 heterocycles. The van der Waals surface area contributed by atoms with Crippen molar-refractivity contribution in [1.29, 1.82) is 0 Å². The van der Waals surface area contributed by atoms with Gasteiger partial charge in [0.05, 0.1) is 6.61 Å². The third-order valence-electron chi connectivity index (χ3n) is 4.47. The van der Waals surface area contributed by atoms with Crippen molar-refractivity contribution < 1.29 is 14.6 Å². The van der Waals surface area contributed by atoms with Crippen LogP contribution in [0.2, 0.25) is 0 Å².